The summed E-state index contributed by atoms with van der Waals surface area (Å²) in [7, 11) is 0. The standard InChI is InChI=1S/C17H19N3O3/c21-17(20-11-13-2-1-7-18-10-13)14-3-4-16(19-12-14)23-15-5-8-22-9-6-15/h1-4,7,10,12,15H,5-6,8-9,11H2,(H,20,21). The van der Waals surface area contributed by atoms with Crippen molar-refractivity contribution in [2.75, 3.05) is 13.2 Å². The van der Waals surface area contributed by atoms with E-state index >= 15 is 0 Å². The van der Waals surface area contributed by atoms with Crippen molar-refractivity contribution in [2.24, 2.45) is 0 Å². The van der Waals surface area contributed by atoms with Crippen LogP contribution in [0.5, 0.6) is 5.88 Å². The number of aromatic nitrogens is 2. The average molecular weight is 313 g/mol. The molecule has 3 heterocycles. The smallest absolute Gasteiger partial charge is 0.253 e. The second-order valence-electron chi connectivity index (χ2n) is 5.36. The summed E-state index contributed by atoms with van der Waals surface area (Å²) in [6, 6.07) is 7.20. The van der Waals surface area contributed by atoms with Crippen molar-refractivity contribution in [2.45, 2.75) is 25.5 Å². The summed E-state index contributed by atoms with van der Waals surface area (Å²) in [5, 5.41) is 2.84. The third-order valence-corrected chi connectivity index (χ3v) is 3.63. The predicted octanol–water partition coefficient (Wildman–Crippen LogP) is 1.96. The molecule has 0 aliphatic carbocycles. The van der Waals surface area contributed by atoms with E-state index in [4.69, 9.17) is 9.47 Å². The van der Waals surface area contributed by atoms with Crippen molar-refractivity contribution in [1.29, 1.82) is 0 Å². The summed E-state index contributed by atoms with van der Waals surface area (Å²) in [5.74, 6) is 0.375. The van der Waals surface area contributed by atoms with Crippen molar-refractivity contribution < 1.29 is 14.3 Å². The maximum Gasteiger partial charge on any atom is 0.253 e. The number of rotatable bonds is 5. The van der Waals surface area contributed by atoms with Crippen molar-refractivity contribution in [1.82, 2.24) is 15.3 Å². The fourth-order valence-corrected chi connectivity index (χ4v) is 2.34. The Balaban J connectivity index is 1.52. The number of pyridine rings is 2. The zero-order valence-corrected chi connectivity index (χ0v) is 12.8. The lowest BCUT2D eigenvalue weighted by Crippen LogP contribution is -2.26. The van der Waals surface area contributed by atoms with Gasteiger partial charge in [0, 0.05) is 44.0 Å². The highest BCUT2D eigenvalue weighted by Gasteiger charge is 2.16. The molecule has 6 heteroatoms. The molecule has 0 spiro atoms. The summed E-state index contributed by atoms with van der Waals surface area (Å²) < 4.78 is 11.1. The monoisotopic (exact) mass is 313 g/mol. The molecule has 1 amide bonds. The number of hydrogen-bond acceptors (Lipinski definition) is 5. The van der Waals surface area contributed by atoms with Gasteiger partial charge in [-0.15, -0.1) is 0 Å². The molecule has 1 saturated heterocycles. The lowest BCUT2D eigenvalue weighted by molar-refractivity contribution is 0.0237. The van der Waals surface area contributed by atoms with Crippen LogP contribution in [0.2, 0.25) is 0 Å². The lowest BCUT2D eigenvalue weighted by atomic mass is 10.1. The molecule has 1 N–H and O–H groups in total. The second kappa shape index (κ2) is 7.69. The number of nitrogens with one attached hydrogen (secondary N) is 1. The largest absolute Gasteiger partial charge is 0.474 e. The summed E-state index contributed by atoms with van der Waals surface area (Å²) in [6.45, 7) is 1.88. The SMILES string of the molecule is O=C(NCc1cccnc1)c1ccc(OC2CCOCC2)nc1. The Labute approximate surface area is 134 Å². The van der Waals surface area contributed by atoms with Gasteiger partial charge in [0.05, 0.1) is 18.8 Å². The summed E-state index contributed by atoms with van der Waals surface area (Å²) in [4.78, 5) is 20.3. The van der Waals surface area contributed by atoms with Gasteiger partial charge in [-0.1, -0.05) is 6.07 Å². The molecule has 2 aromatic rings. The molecule has 120 valence electrons. The molecule has 1 fully saturated rings. The van der Waals surface area contributed by atoms with E-state index in [0.717, 1.165) is 31.6 Å². The quantitative estimate of drug-likeness (QED) is 0.913. The average Bonchev–Trinajstić information content (AvgIpc) is 2.62. The van der Waals surface area contributed by atoms with Gasteiger partial charge in [0.15, 0.2) is 0 Å². The first-order valence-corrected chi connectivity index (χ1v) is 7.69. The van der Waals surface area contributed by atoms with Gasteiger partial charge < -0.3 is 14.8 Å². The van der Waals surface area contributed by atoms with Crippen LogP contribution in [-0.2, 0) is 11.3 Å². The maximum atomic E-state index is 12.1. The van der Waals surface area contributed by atoms with Gasteiger partial charge in [0.2, 0.25) is 5.88 Å². The Morgan fingerprint density at radius 1 is 1.26 bits per heavy atom. The molecule has 0 radical (unpaired) electrons. The van der Waals surface area contributed by atoms with Crippen molar-refractivity contribution in [3.8, 4) is 5.88 Å². The first kappa shape index (κ1) is 15.4. The summed E-state index contributed by atoms with van der Waals surface area (Å²) >= 11 is 0. The first-order valence-electron chi connectivity index (χ1n) is 7.69. The van der Waals surface area contributed by atoms with Crippen LogP contribution in [0.4, 0.5) is 0 Å². The van der Waals surface area contributed by atoms with E-state index in [2.05, 4.69) is 15.3 Å². The van der Waals surface area contributed by atoms with Crippen LogP contribution < -0.4 is 10.1 Å². The molecule has 2 aromatic heterocycles. The van der Waals surface area contributed by atoms with Crippen LogP contribution in [-0.4, -0.2) is 35.2 Å². The fraction of sp³-hybridized carbons (Fsp3) is 0.353. The first-order chi connectivity index (χ1) is 11.3. The highest BCUT2D eigenvalue weighted by atomic mass is 16.5. The number of ether oxygens (including phenoxy) is 2. The number of carbonyl (C=O) groups excluding carboxylic acids is 1. The molecule has 0 aromatic carbocycles. The highest BCUT2D eigenvalue weighted by molar-refractivity contribution is 5.93. The zero-order chi connectivity index (χ0) is 15.9. The van der Waals surface area contributed by atoms with Crippen LogP contribution in [0.1, 0.15) is 28.8 Å². The van der Waals surface area contributed by atoms with Crippen molar-refractivity contribution in [3.05, 3.63) is 54.0 Å². The minimum Gasteiger partial charge on any atom is -0.474 e. The number of nitrogens with zero attached hydrogens (tertiary/aromatic N) is 2. The molecule has 0 saturated carbocycles. The molecule has 23 heavy (non-hydrogen) atoms. The fourth-order valence-electron chi connectivity index (χ4n) is 2.34. The Kier molecular flexibility index (Phi) is 5.16. The van der Waals surface area contributed by atoms with E-state index in [1.54, 1.807) is 24.5 Å². The minimum absolute atomic E-state index is 0.140. The van der Waals surface area contributed by atoms with Gasteiger partial charge >= 0.3 is 0 Å². The van der Waals surface area contributed by atoms with E-state index in [9.17, 15) is 4.79 Å². The molecular weight excluding hydrogens is 294 g/mol. The van der Waals surface area contributed by atoms with Crippen LogP contribution in [0.3, 0.4) is 0 Å². The van der Waals surface area contributed by atoms with Crippen LogP contribution in [0.15, 0.2) is 42.9 Å². The third kappa shape index (κ3) is 4.50. The van der Waals surface area contributed by atoms with E-state index < -0.39 is 0 Å². The predicted molar refractivity (Wildman–Crippen MR) is 84.1 cm³/mol. The molecule has 3 rings (SSSR count). The Bertz CT molecular complexity index is 625. The number of hydrogen-bond donors (Lipinski definition) is 1. The van der Waals surface area contributed by atoms with E-state index in [-0.39, 0.29) is 12.0 Å². The van der Waals surface area contributed by atoms with Gasteiger partial charge in [-0.2, -0.15) is 0 Å². The third-order valence-electron chi connectivity index (χ3n) is 3.63. The normalized spacial score (nSPS) is 15.1. The van der Waals surface area contributed by atoms with E-state index in [1.807, 2.05) is 12.1 Å². The van der Waals surface area contributed by atoms with Crippen molar-refractivity contribution in [3.63, 3.8) is 0 Å². The Morgan fingerprint density at radius 3 is 2.83 bits per heavy atom. The molecule has 1 aliphatic heterocycles. The second-order valence-corrected chi connectivity index (χ2v) is 5.36. The highest BCUT2D eigenvalue weighted by Crippen LogP contribution is 2.16. The molecule has 1 aliphatic rings. The van der Waals surface area contributed by atoms with Gasteiger partial charge in [-0.05, 0) is 17.7 Å². The lowest BCUT2D eigenvalue weighted by Gasteiger charge is -2.22. The molecule has 0 unspecified atom stereocenters. The van der Waals surface area contributed by atoms with Crippen LogP contribution in [0, 0.1) is 0 Å². The molecule has 6 nitrogen and oxygen atoms in total. The Morgan fingerprint density at radius 2 is 2.13 bits per heavy atom. The van der Waals surface area contributed by atoms with E-state index in [0.29, 0.717) is 18.0 Å². The van der Waals surface area contributed by atoms with Gasteiger partial charge in [0.25, 0.3) is 5.91 Å². The van der Waals surface area contributed by atoms with Crippen LogP contribution in [0.25, 0.3) is 0 Å². The minimum atomic E-state index is -0.168. The maximum absolute atomic E-state index is 12.1. The van der Waals surface area contributed by atoms with Crippen LogP contribution >= 0.6 is 0 Å². The van der Waals surface area contributed by atoms with Gasteiger partial charge in [0.1, 0.15) is 6.10 Å². The van der Waals surface area contributed by atoms with E-state index in [1.165, 1.54) is 6.20 Å². The zero-order valence-electron chi connectivity index (χ0n) is 12.8. The van der Waals surface area contributed by atoms with Crippen molar-refractivity contribution >= 4 is 5.91 Å². The molecule has 0 bridgehead atoms. The number of carbonyl (C=O) groups is 1. The van der Waals surface area contributed by atoms with Gasteiger partial charge in [-0.3, -0.25) is 9.78 Å². The topological polar surface area (TPSA) is 73.3 Å². The molecular formula is C17H19N3O3. The molecule has 0 atom stereocenters. The number of amides is 1. The summed E-state index contributed by atoms with van der Waals surface area (Å²) in [5.41, 5.74) is 1.46. The Hall–Kier alpha value is -2.47. The summed E-state index contributed by atoms with van der Waals surface area (Å²) in [6.07, 6.45) is 6.84. The van der Waals surface area contributed by atoms with Gasteiger partial charge in [-0.25, -0.2) is 4.98 Å².